The maximum atomic E-state index is 14.8. The van der Waals surface area contributed by atoms with Crippen molar-refractivity contribution in [3.8, 4) is 0 Å². The Morgan fingerprint density at radius 3 is 1.38 bits per heavy atom. The summed E-state index contributed by atoms with van der Waals surface area (Å²) in [6, 6.07) is 1.43. The highest BCUT2D eigenvalue weighted by atomic mass is 32.7. The molecule has 5 aliphatic heterocycles. The SMILES string of the molecule is CNCC(C)OP(=O)(S)OC[C@H]1O[C@@H](n2cnc3c(=O)[nH]c(N)nc32)CC1OP(=O)(S)OC[C@H]1O[C@@H](n2cc(C)c(=O)[nH]c2=O)CC1OP(=O)(S)OC[C@H]1O[C@@H](n2c(=O)[nH]c3c(=O)[nH]c(N)nc32)CC1OP(=O)(S)OC[C@H]1O[C@@H](n2cc(C)c(=O)[nH]c2=O)CC1OP(=O)(S)OC[C@H]1O[C@@H](n2ccc(N)nc2=O)CC1C(C)C. The van der Waals surface area contributed by atoms with Gasteiger partial charge in [-0.25, -0.2) is 51.6 Å². The molecule has 21 atom stereocenters. The number of imidazole rings is 2. The van der Waals surface area contributed by atoms with Crippen LogP contribution in [-0.2, 0) is 91.7 Å². The summed E-state index contributed by atoms with van der Waals surface area (Å²) in [5, 5.41) is 2.87. The van der Waals surface area contributed by atoms with Gasteiger partial charge in [-0.05, 0) is 52.1 Å². The van der Waals surface area contributed by atoms with Crippen LogP contribution in [0.25, 0.3) is 22.3 Å². The lowest BCUT2D eigenvalue weighted by Crippen LogP contribution is -2.33. The second-order valence-corrected chi connectivity index (χ2v) is 41.2. The van der Waals surface area contributed by atoms with E-state index >= 15 is 0 Å². The molecule has 0 spiro atoms. The topological polar surface area (TPSA) is 606 Å². The van der Waals surface area contributed by atoms with Gasteiger partial charge in [-0.15, -0.1) is 0 Å². The number of nitrogens with zero attached hydrogens (tertiary/aromatic N) is 9. The minimum atomic E-state index is -4.88. The molecule has 112 heavy (non-hydrogen) atoms. The van der Waals surface area contributed by atoms with Crippen molar-refractivity contribution in [2.24, 2.45) is 11.8 Å². The molecule has 5 saturated heterocycles. The molecule has 616 valence electrons. The minimum absolute atomic E-state index is 0.000215. The molecule has 0 bridgehead atoms. The third-order valence-electron chi connectivity index (χ3n) is 18.5. The monoisotopic (exact) mass is 1770 g/mol. The number of aryl methyl sites for hydroxylation is 2. The van der Waals surface area contributed by atoms with Crippen molar-refractivity contribution in [3.05, 3.63) is 125 Å². The Balaban J connectivity index is 0.765. The van der Waals surface area contributed by atoms with Gasteiger partial charge >= 0.3 is 56.7 Å². The smallest absolute Gasteiger partial charge is 0.383 e. The van der Waals surface area contributed by atoms with Gasteiger partial charge in [0.05, 0.1) is 51.6 Å². The number of nitrogens with two attached hydrogens (primary N) is 3. The Hall–Kier alpha value is -5.60. The van der Waals surface area contributed by atoms with Gasteiger partial charge in [-0.1, -0.05) is 75.1 Å². The largest absolute Gasteiger partial charge is 0.386 e. The average molecular weight is 1770 g/mol. The molecule has 0 amide bonds. The van der Waals surface area contributed by atoms with Crippen molar-refractivity contribution in [2.45, 2.75) is 159 Å². The maximum Gasteiger partial charge on any atom is 0.386 e. The third-order valence-corrected chi connectivity index (χ3v) is 26.8. The lowest BCUT2D eigenvalue weighted by atomic mass is 9.89. The summed E-state index contributed by atoms with van der Waals surface area (Å²) in [6.45, 7) is -18.1. The summed E-state index contributed by atoms with van der Waals surface area (Å²) < 4.78 is 167. The molecular weight excluding hydrogens is 1690 g/mol. The first-order valence-electron chi connectivity index (χ1n) is 34.0. The first-order valence-corrected chi connectivity index (χ1v) is 47.5. The lowest BCUT2D eigenvalue weighted by molar-refractivity contribution is -0.0526. The summed E-state index contributed by atoms with van der Waals surface area (Å²) in [5.41, 5.74) is 10.3. The number of H-pyrrole nitrogens is 5. The Bertz CT molecular complexity index is 5450. The van der Waals surface area contributed by atoms with Crippen LogP contribution in [0.5, 0.6) is 0 Å². The van der Waals surface area contributed by atoms with Crippen molar-refractivity contribution in [1.29, 1.82) is 0 Å². The van der Waals surface area contributed by atoms with E-state index < -0.39 is 216 Å². The van der Waals surface area contributed by atoms with E-state index in [1.54, 1.807) is 14.0 Å². The summed E-state index contributed by atoms with van der Waals surface area (Å²) >= 11 is 21.3. The molecule has 7 aromatic heterocycles. The summed E-state index contributed by atoms with van der Waals surface area (Å²) in [4.78, 5) is 132. The van der Waals surface area contributed by atoms with Crippen LogP contribution in [0.2, 0.25) is 0 Å². The van der Waals surface area contributed by atoms with Crippen molar-refractivity contribution in [1.82, 2.24) is 73.0 Å². The molecule has 12 heterocycles. The highest BCUT2D eigenvalue weighted by Gasteiger charge is 2.50. The maximum absolute atomic E-state index is 14.8. The number of rotatable bonds is 33. The van der Waals surface area contributed by atoms with Crippen molar-refractivity contribution < 1.29 is 91.7 Å². The number of thiol groups is 5. The molecule has 0 aliphatic carbocycles. The Morgan fingerprint density at radius 2 is 0.920 bits per heavy atom. The number of aromatic nitrogens is 14. The highest BCUT2D eigenvalue weighted by Crippen LogP contribution is 2.62. The molecule has 12 rings (SSSR count). The van der Waals surface area contributed by atoms with Gasteiger partial charge in [0.1, 0.15) is 85.8 Å². The number of likely N-dealkylation sites (N-methyl/N-ethyl adjacent to an activating group) is 1. The van der Waals surface area contributed by atoms with Gasteiger partial charge < -0.3 is 46.2 Å². The minimum Gasteiger partial charge on any atom is -0.383 e. The number of hydrogen-bond donors (Lipinski definition) is 14. The van der Waals surface area contributed by atoms with Gasteiger partial charge in [0.15, 0.2) is 22.3 Å². The molecule has 0 radical (unpaired) electrons. The van der Waals surface area contributed by atoms with Gasteiger partial charge in [-0.2, -0.15) is 15.0 Å². The molecular formula is C56H79N18O28P5S5. The van der Waals surface area contributed by atoms with Crippen LogP contribution in [0, 0.1) is 25.7 Å². The fraction of sp³-hybridized carbons (Fsp3) is 0.607. The van der Waals surface area contributed by atoms with Crippen LogP contribution in [0.3, 0.4) is 0 Å². The van der Waals surface area contributed by atoms with Gasteiger partial charge in [0.2, 0.25) is 11.9 Å². The van der Waals surface area contributed by atoms with E-state index in [1.165, 1.54) is 54.0 Å². The summed E-state index contributed by atoms with van der Waals surface area (Å²) in [7, 11) is 1.64. The molecule has 56 heteroatoms. The van der Waals surface area contributed by atoms with Crippen molar-refractivity contribution >= 4 is 135 Å². The van der Waals surface area contributed by atoms with E-state index in [-0.39, 0.29) is 83.0 Å². The molecule has 7 aromatic rings. The van der Waals surface area contributed by atoms with E-state index in [1.807, 2.05) is 13.8 Å². The third kappa shape index (κ3) is 20.3. The van der Waals surface area contributed by atoms with Gasteiger partial charge in [0.25, 0.3) is 22.2 Å². The van der Waals surface area contributed by atoms with E-state index in [9.17, 15) is 61.2 Å². The van der Waals surface area contributed by atoms with Crippen LogP contribution < -0.4 is 67.5 Å². The quantitative estimate of drug-likeness (QED) is 0.0207. The van der Waals surface area contributed by atoms with Gasteiger partial charge in [0, 0.05) is 61.9 Å². The summed E-state index contributed by atoms with van der Waals surface area (Å²) in [6.07, 6.45) is -15.3. The Morgan fingerprint density at radius 1 is 0.509 bits per heavy atom. The van der Waals surface area contributed by atoms with E-state index in [2.05, 4.69) is 111 Å². The second kappa shape index (κ2) is 34.5. The predicted octanol–water partition coefficient (Wildman–Crippen LogP) is 3.41. The van der Waals surface area contributed by atoms with Crippen LogP contribution >= 0.6 is 95.2 Å². The van der Waals surface area contributed by atoms with Gasteiger partial charge in [-0.3, -0.25) is 108 Å². The van der Waals surface area contributed by atoms with Crippen LogP contribution in [0.15, 0.2) is 69.3 Å². The van der Waals surface area contributed by atoms with Crippen molar-refractivity contribution in [2.75, 3.05) is 63.8 Å². The van der Waals surface area contributed by atoms with Crippen molar-refractivity contribution in [3.63, 3.8) is 0 Å². The van der Waals surface area contributed by atoms with Crippen LogP contribution in [-0.4, -0.2) is 175 Å². The van der Waals surface area contributed by atoms with E-state index in [0.29, 0.717) is 6.42 Å². The number of nitrogen functional groups attached to an aromatic ring is 3. The first-order chi connectivity index (χ1) is 52.6. The number of anilines is 3. The lowest BCUT2D eigenvalue weighted by Gasteiger charge is -2.27. The molecule has 0 aromatic carbocycles. The average Bonchev–Trinajstić information content (AvgIpc) is 1.80. The van der Waals surface area contributed by atoms with Crippen LogP contribution in [0.1, 0.15) is 95.1 Å². The number of hydrogen-bond acceptors (Lipinski definition) is 36. The molecule has 5 fully saturated rings. The molecule has 12 N–H and O–H groups in total. The molecule has 5 aliphatic rings. The van der Waals surface area contributed by atoms with E-state index in [0.717, 1.165) is 13.7 Å². The molecule has 46 nitrogen and oxygen atoms in total. The molecule has 0 saturated carbocycles. The summed E-state index contributed by atoms with van der Waals surface area (Å²) in [5.74, 6) is -0.991. The Labute approximate surface area is 656 Å². The number of aromatic amines is 5. The zero-order chi connectivity index (χ0) is 81.0. The highest BCUT2D eigenvalue weighted by molar-refractivity contribution is 8.45. The van der Waals surface area contributed by atoms with Crippen LogP contribution in [0.4, 0.5) is 17.7 Å². The fourth-order valence-corrected chi connectivity index (χ4v) is 20.9. The zero-order valence-corrected chi connectivity index (χ0v) is 68.6. The standard InChI is InChI=1S/C56H79N18O28P5S5/c1-23(2)27-9-38(70-8-7-37(57)62-53(70)79)93-32(27)17-88-104(84,109)99-28-10-39(71-15-24(3)47(75)68-54(71)80)94-33(28)20-91-107(87,112)102-31-13-42(74-46-44(63-56(74)82)50(78)67-52(59)65-46)97-36(31)21-92-106(86,111)100-29-11-40(72-16-25(4)48(76)69-55(72)81)95-34(29)19-90-105(85,110)101-30-12-41(73-22-61-43-45(73)64-51(58)66-49(43)77)96-35(30)18-89-103(83,108)98-26(5)14-60-6/h7-8,15-16,22-23,26-36,38-42,60H,9-14,17-21H2,1-6H3,(H,63,82)(H,83,108)(H,84,109)(H,85,110)(H,86,111)(H,87,112)(H2,57,62,79)(H,68,75,80)(H,69,76,81)(H3,58,64,66,77)(H3,59,65,67,78)/t26?,27?,28?,29?,30?,31?,32-,33-,34-,35-,36-,38-,39-,40-,41-,42-,103?,104?,105?,106?,107?/m1/s1. The second-order valence-electron chi connectivity index (χ2n) is 26.8. The normalized spacial score (nSPS) is 28.6. The number of ether oxygens (including phenoxy) is 5. The van der Waals surface area contributed by atoms with E-state index in [4.69, 9.17) is 86.1 Å². The Kier molecular flexibility index (Phi) is 26.4. The zero-order valence-electron chi connectivity index (χ0n) is 59.6. The first kappa shape index (κ1) is 85.8. The fourth-order valence-electron chi connectivity index (χ4n) is 13.2. The molecule has 11 unspecified atom stereocenters. The number of nitrogens with one attached hydrogen (secondary N) is 6. The predicted molar refractivity (Wildman–Crippen MR) is 411 cm³/mol. The number of fused-ring (bicyclic) bond motifs is 2.